The van der Waals surface area contributed by atoms with Gasteiger partial charge >= 0.3 is 12.1 Å². The molecule has 0 spiro atoms. The fourth-order valence-corrected chi connectivity index (χ4v) is 4.90. The van der Waals surface area contributed by atoms with Crippen molar-refractivity contribution < 1.29 is 33.3 Å². The van der Waals surface area contributed by atoms with E-state index in [0.29, 0.717) is 48.6 Å². The van der Waals surface area contributed by atoms with Crippen LogP contribution >= 0.6 is 0 Å². The molecule has 3 aromatic rings. The monoisotopic (exact) mass is 520 g/mol. The molecule has 2 saturated heterocycles. The number of benzene rings is 1. The predicted molar refractivity (Wildman–Crippen MR) is 131 cm³/mol. The number of nitrogens with one attached hydrogen (secondary N) is 1. The molecule has 1 unspecified atom stereocenters. The topological polar surface area (TPSA) is 146 Å². The summed E-state index contributed by atoms with van der Waals surface area (Å²) < 4.78 is 23.7. The lowest BCUT2D eigenvalue weighted by atomic mass is 10.2. The summed E-state index contributed by atoms with van der Waals surface area (Å²) in [5, 5.41) is 4.10. The van der Waals surface area contributed by atoms with Crippen LogP contribution in [0.3, 0.4) is 0 Å². The van der Waals surface area contributed by atoms with E-state index in [9.17, 15) is 14.4 Å². The molecule has 38 heavy (non-hydrogen) atoms. The maximum absolute atomic E-state index is 12.7. The SMILES string of the molecule is COc1c(OCCOC(=O)N2C[C@@H]3CC2C(=O)O3)ccc2c3n(c(=NC(=O)c4cccnc4)nc12)CCN3. The minimum Gasteiger partial charge on any atom is -0.491 e. The Bertz CT molecular complexity index is 1510. The van der Waals surface area contributed by atoms with Crippen LogP contribution < -0.4 is 20.4 Å². The molecule has 2 atom stereocenters. The van der Waals surface area contributed by atoms with Gasteiger partial charge in [0.2, 0.25) is 5.62 Å². The Balaban J connectivity index is 1.22. The van der Waals surface area contributed by atoms with Gasteiger partial charge in [0.15, 0.2) is 11.5 Å². The van der Waals surface area contributed by atoms with Gasteiger partial charge in [0, 0.05) is 37.3 Å². The standard InChI is InChI=1S/C25H24N6O7/c1-35-20-18(36-9-10-37-25(34)31-13-15-11-17(31)23(33)38-15)5-4-16-19(20)28-24(30-8-7-27-21(16)30)29-22(32)14-3-2-6-26-12-14/h2-6,12,15,17,27H,7-11,13H2,1H3/t15-,17?/m0/s1. The molecule has 3 aliphatic heterocycles. The predicted octanol–water partition coefficient (Wildman–Crippen LogP) is 1.12. The van der Waals surface area contributed by atoms with Crippen LogP contribution in [-0.4, -0.2) is 83.0 Å². The minimum atomic E-state index is -0.576. The number of anilines is 1. The molecule has 13 heteroatoms. The normalized spacial score (nSPS) is 19.8. The molecule has 0 aliphatic carbocycles. The third kappa shape index (κ3) is 4.15. The molecule has 196 valence electrons. The highest BCUT2D eigenvalue weighted by atomic mass is 16.6. The van der Waals surface area contributed by atoms with Crippen molar-refractivity contribution in [3.8, 4) is 11.5 Å². The first-order valence-electron chi connectivity index (χ1n) is 12.1. The third-order valence-corrected chi connectivity index (χ3v) is 6.63. The summed E-state index contributed by atoms with van der Waals surface area (Å²) in [6.45, 7) is 1.62. The Labute approximate surface area is 216 Å². The smallest absolute Gasteiger partial charge is 0.410 e. The zero-order valence-electron chi connectivity index (χ0n) is 20.5. The average Bonchev–Trinajstić information content (AvgIpc) is 3.67. The summed E-state index contributed by atoms with van der Waals surface area (Å²) >= 11 is 0. The number of hydrogen-bond acceptors (Lipinski definition) is 10. The molecule has 2 fully saturated rings. The van der Waals surface area contributed by atoms with E-state index in [-0.39, 0.29) is 24.9 Å². The molecule has 13 nitrogen and oxygen atoms in total. The molecule has 1 aromatic carbocycles. The number of likely N-dealkylation sites (tertiary alicyclic amines) is 1. The van der Waals surface area contributed by atoms with Crippen molar-refractivity contribution in [3.05, 3.63) is 47.8 Å². The molecule has 0 saturated carbocycles. The molecule has 5 heterocycles. The summed E-state index contributed by atoms with van der Waals surface area (Å²) in [6.07, 6.45) is 2.71. The number of nitrogens with zero attached hydrogens (tertiary/aromatic N) is 5. The highest BCUT2D eigenvalue weighted by Crippen LogP contribution is 2.37. The summed E-state index contributed by atoms with van der Waals surface area (Å²) in [5.41, 5.74) is 1.05. The summed E-state index contributed by atoms with van der Waals surface area (Å²) in [4.78, 5) is 51.1. The molecule has 2 aromatic heterocycles. The van der Waals surface area contributed by atoms with Crippen molar-refractivity contribution in [2.75, 3.05) is 38.7 Å². The fourth-order valence-electron chi connectivity index (χ4n) is 4.90. The third-order valence-electron chi connectivity index (χ3n) is 6.63. The number of aromatic nitrogens is 3. The van der Waals surface area contributed by atoms with E-state index in [1.165, 1.54) is 18.2 Å². The molecule has 6 rings (SSSR count). The van der Waals surface area contributed by atoms with Gasteiger partial charge in [-0.2, -0.15) is 4.99 Å². The van der Waals surface area contributed by atoms with Crippen molar-refractivity contribution in [1.82, 2.24) is 19.4 Å². The van der Waals surface area contributed by atoms with E-state index < -0.39 is 24.0 Å². The van der Waals surface area contributed by atoms with Crippen molar-refractivity contribution in [1.29, 1.82) is 0 Å². The Kier molecular flexibility index (Phi) is 6.02. The number of morpholine rings is 1. The van der Waals surface area contributed by atoms with Crippen LogP contribution in [0.15, 0.2) is 41.7 Å². The van der Waals surface area contributed by atoms with Gasteiger partial charge in [0.25, 0.3) is 5.91 Å². The van der Waals surface area contributed by atoms with E-state index in [1.54, 1.807) is 24.4 Å². The van der Waals surface area contributed by atoms with Crippen LogP contribution in [0.2, 0.25) is 0 Å². The number of esters is 1. The Hall–Kier alpha value is -4.68. The van der Waals surface area contributed by atoms with E-state index in [2.05, 4.69) is 20.3 Å². The maximum Gasteiger partial charge on any atom is 0.410 e. The molecule has 2 bridgehead atoms. The second-order valence-electron chi connectivity index (χ2n) is 8.92. The van der Waals surface area contributed by atoms with Crippen LogP contribution in [0.1, 0.15) is 16.8 Å². The number of pyridine rings is 1. The van der Waals surface area contributed by atoms with Crippen molar-refractivity contribution in [2.24, 2.45) is 4.99 Å². The second-order valence-corrected chi connectivity index (χ2v) is 8.92. The van der Waals surface area contributed by atoms with E-state index in [1.807, 2.05) is 10.6 Å². The van der Waals surface area contributed by atoms with Gasteiger partial charge in [-0.15, -0.1) is 0 Å². The van der Waals surface area contributed by atoms with Crippen LogP contribution in [-0.2, 0) is 20.8 Å². The van der Waals surface area contributed by atoms with Crippen LogP contribution in [0.25, 0.3) is 10.9 Å². The summed E-state index contributed by atoms with van der Waals surface area (Å²) in [7, 11) is 1.50. The minimum absolute atomic E-state index is 0.0296. The van der Waals surface area contributed by atoms with Crippen LogP contribution in [0, 0.1) is 0 Å². The molecular formula is C25H24N6O7. The van der Waals surface area contributed by atoms with E-state index >= 15 is 0 Å². The van der Waals surface area contributed by atoms with Crippen molar-refractivity contribution >= 4 is 34.7 Å². The van der Waals surface area contributed by atoms with Crippen molar-refractivity contribution in [2.45, 2.75) is 25.1 Å². The van der Waals surface area contributed by atoms with Gasteiger partial charge in [0.1, 0.15) is 36.7 Å². The van der Waals surface area contributed by atoms with E-state index in [0.717, 1.165) is 11.2 Å². The Morgan fingerprint density at radius 1 is 1.26 bits per heavy atom. The number of amides is 2. The molecule has 0 radical (unpaired) electrons. The zero-order chi connectivity index (χ0) is 26.2. The van der Waals surface area contributed by atoms with Gasteiger partial charge in [-0.3, -0.25) is 19.2 Å². The van der Waals surface area contributed by atoms with E-state index in [4.69, 9.17) is 18.9 Å². The molecule has 1 N–H and O–H groups in total. The highest BCUT2D eigenvalue weighted by molar-refractivity contribution is 5.96. The summed E-state index contributed by atoms with van der Waals surface area (Å²) in [5.74, 6) is 0.662. The molecule has 3 aliphatic rings. The lowest BCUT2D eigenvalue weighted by Gasteiger charge is -2.24. The van der Waals surface area contributed by atoms with Gasteiger partial charge in [-0.05, 0) is 24.3 Å². The van der Waals surface area contributed by atoms with Crippen molar-refractivity contribution in [3.63, 3.8) is 0 Å². The number of hydrogen-bond donors (Lipinski definition) is 1. The highest BCUT2D eigenvalue weighted by Gasteiger charge is 2.49. The second kappa shape index (κ2) is 9.65. The number of ether oxygens (including phenoxy) is 4. The molecule has 2 amide bonds. The maximum atomic E-state index is 12.7. The Morgan fingerprint density at radius 2 is 2.16 bits per heavy atom. The zero-order valence-corrected chi connectivity index (χ0v) is 20.5. The van der Waals surface area contributed by atoms with Gasteiger partial charge in [-0.1, -0.05) is 0 Å². The first kappa shape index (κ1) is 23.7. The number of fused-ring (bicyclic) bond motifs is 5. The molecular weight excluding hydrogens is 496 g/mol. The van der Waals surface area contributed by atoms with Gasteiger partial charge in [0.05, 0.1) is 19.2 Å². The average molecular weight is 521 g/mol. The number of carbonyl (C=O) groups excluding carboxylic acids is 3. The number of methoxy groups -OCH3 is 1. The first-order valence-corrected chi connectivity index (χ1v) is 12.1. The fraction of sp³-hybridized carbons (Fsp3) is 0.360. The number of carbonyl (C=O) groups is 3. The van der Waals surface area contributed by atoms with Gasteiger partial charge in [-0.25, -0.2) is 14.6 Å². The van der Waals surface area contributed by atoms with Gasteiger partial charge < -0.3 is 24.3 Å². The lowest BCUT2D eigenvalue weighted by Crippen LogP contribution is -2.44. The van der Waals surface area contributed by atoms with Crippen LogP contribution in [0.4, 0.5) is 10.6 Å². The van der Waals surface area contributed by atoms with Crippen LogP contribution in [0.5, 0.6) is 11.5 Å². The lowest BCUT2D eigenvalue weighted by molar-refractivity contribution is -0.150. The largest absolute Gasteiger partial charge is 0.491 e. The number of rotatable bonds is 6. The summed E-state index contributed by atoms with van der Waals surface area (Å²) in [6, 6.07) is 6.33. The first-order chi connectivity index (χ1) is 18.5. The Morgan fingerprint density at radius 3 is 2.92 bits per heavy atom. The quantitative estimate of drug-likeness (QED) is 0.370.